The Morgan fingerprint density at radius 2 is 1.84 bits per heavy atom. The summed E-state index contributed by atoms with van der Waals surface area (Å²) in [5, 5.41) is 9.74. The highest BCUT2D eigenvalue weighted by molar-refractivity contribution is 5.96. The fourth-order valence-corrected chi connectivity index (χ4v) is 5.17. The average molecular weight is 436 g/mol. The fraction of sp³-hybridized carbons (Fsp3) is 0.480. The van der Waals surface area contributed by atoms with E-state index in [1.54, 1.807) is 15.7 Å². The van der Waals surface area contributed by atoms with Crippen molar-refractivity contribution in [3.63, 3.8) is 0 Å². The van der Waals surface area contributed by atoms with Gasteiger partial charge < -0.3 is 19.5 Å². The lowest BCUT2D eigenvalue weighted by atomic mass is 9.95. The lowest BCUT2D eigenvalue weighted by molar-refractivity contribution is -0.140. The Kier molecular flexibility index (Phi) is 5.37. The number of amides is 2. The molecule has 2 amide bonds. The molecule has 7 nitrogen and oxygen atoms in total. The van der Waals surface area contributed by atoms with Crippen LogP contribution in [-0.2, 0) is 30.7 Å². The zero-order chi connectivity index (χ0) is 22.4. The number of carbonyl (C=O) groups is 2. The van der Waals surface area contributed by atoms with Gasteiger partial charge in [0.1, 0.15) is 11.7 Å². The van der Waals surface area contributed by atoms with Gasteiger partial charge in [-0.2, -0.15) is 0 Å². The van der Waals surface area contributed by atoms with Gasteiger partial charge in [0, 0.05) is 38.9 Å². The first-order valence-corrected chi connectivity index (χ1v) is 11.5. The standard InChI is InChI=1S/C25H29N3O4/c1-16(29)23(30)26-10-8-21-20(14-26)15-27(9-7-17-5-3-2-4-6-17)24(31)22(21)25(32)28-12-18-11-19(18)13-28/h2-6,15-16,18-19,29H,7-14H2,1H3/t16-,18-,19+/m1/s1. The molecule has 2 fully saturated rings. The van der Waals surface area contributed by atoms with E-state index in [0.717, 1.165) is 29.8 Å². The number of piperidine rings is 1. The van der Waals surface area contributed by atoms with Crippen LogP contribution < -0.4 is 5.56 Å². The van der Waals surface area contributed by atoms with Crippen LogP contribution in [0.4, 0.5) is 0 Å². The average Bonchev–Trinajstić information content (AvgIpc) is 3.41. The molecule has 1 saturated carbocycles. The molecule has 0 unspecified atom stereocenters. The Bertz CT molecular complexity index is 1100. The van der Waals surface area contributed by atoms with E-state index in [2.05, 4.69) is 0 Å². The second-order valence-corrected chi connectivity index (χ2v) is 9.39. The van der Waals surface area contributed by atoms with E-state index < -0.39 is 6.10 Å². The summed E-state index contributed by atoms with van der Waals surface area (Å²) in [6.45, 7) is 4.11. The van der Waals surface area contributed by atoms with Crippen LogP contribution in [0.2, 0.25) is 0 Å². The molecule has 32 heavy (non-hydrogen) atoms. The molecule has 1 aromatic heterocycles. The summed E-state index contributed by atoms with van der Waals surface area (Å²) in [5.41, 5.74) is 2.76. The summed E-state index contributed by atoms with van der Waals surface area (Å²) in [6, 6.07) is 9.94. The molecule has 5 rings (SSSR count). The largest absolute Gasteiger partial charge is 0.384 e. The number of aliphatic hydroxyl groups is 1. The van der Waals surface area contributed by atoms with Crippen LogP contribution >= 0.6 is 0 Å². The SMILES string of the molecule is C[C@@H](O)C(=O)N1CCc2c(cn(CCc3ccccc3)c(=O)c2C(=O)N2C[C@H]3C[C@H]3C2)C1. The number of aromatic nitrogens is 1. The monoisotopic (exact) mass is 435 g/mol. The molecule has 3 atom stereocenters. The number of aryl methyl sites for hydroxylation is 2. The summed E-state index contributed by atoms with van der Waals surface area (Å²) < 4.78 is 1.63. The van der Waals surface area contributed by atoms with Crippen LogP contribution in [0, 0.1) is 11.8 Å². The second-order valence-electron chi connectivity index (χ2n) is 9.39. The molecule has 1 aliphatic carbocycles. The highest BCUT2D eigenvalue weighted by Gasteiger charge is 2.47. The third-order valence-electron chi connectivity index (χ3n) is 7.10. The smallest absolute Gasteiger partial charge is 0.263 e. The van der Waals surface area contributed by atoms with Gasteiger partial charge in [-0.05, 0) is 54.7 Å². The highest BCUT2D eigenvalue weighted by atomic mass is 16.3. The van der Waals surface area contributed by atoms with E-state index >= 15 is 0 Å². The summed E-state index contributed by atoms with van der Waals surface area (Å²) in [4.78, 5) is 42.7. The number of pyridine rings is 1. The number of benzene rings is 1. The minimum Gasteiger partial charge on any atom is -0.384 e. The molecule has 7 heteroatoms. The quantitative estimate of drug-likeness (QED) is 0.771. The Labute approximate surface area is 187 Å². The maximum Gasteiger partial charge on any atom is 0.263 e. The Morgan fingerprint density at radius 3 is 2.53 bits per heavy atom. The molecule has 0 spiro atoms. The van der Waals surface area contributed by atoms with Gasteiger partial charge in [0.15, 0.2) is 0 Å². The van der Waals surface area contributed by atoms with Gasteiger partial charge in [0.25, 0.3) is 17.4 Å². The summed E-state index contributed by atoms with van der Waals surface area (Å²) in [7, 11) is 0. The minimum atomic E-state index is -1.07. The van der Waals surface area contributed by atoms with Crippen LogP contribution in [0.3, 0.4) is 0 Å². The number of nitrogens with zero attached hydrogens (tertiary/aromatic N) is 3. The fourth-order valence-electron chi connectivity index (χ4n) is 5.17. The highest BCUT2D eigenvalue weighted by Crippen LogP contribution is 2.45. The first kappa shape index (κ1) is 20.9. The first-order valence-electron chi connectivity index (χ1n) is 11.5. The van der Waals surface area contributed by atoms with Crippen molar-refractivity contribution < 1.29 is 14.7 Å². The van der Waals surface area contributed by atoms with Crippen LogP contribution in [0.5, 0.6) is 0 Å². The number of carbonyl (C=O) groups excluding carboxylic acids is 2. The molecule has 0 bridgehead atoms. The molecule has 0 radical (unpaired) electrons. The van der Waals surface area contributed by atoms with Crippen LogP contribution in [0.15, 0.2) is 41.3 Å². The molecule has 168 valence electrons. The van der Waals surface area contributed by atoms with Gasteiger partial charge in [-0.1, -0.05) is 30.3 Å². The Balaban J connectivity index is 1.49. The summed E-state index contributed by atoms with van der Waals surface area (Å²) >= 11 is 0. The predicted octanol–water partition coefficient (Wildman–Crippen LogP) is 1.45. The van der Waals surface area contributed by atoms with E-state index in [1.807, 2.05) is 35.2 Å². The number of fused-ring (bicyclic) bond motifs is 2. The van der Waals surface area contributed by atoms with Crippen molar-refractivity contribution in [1.29, 1.82) is 0 Å². The van der Waals surface area contributed by atoms with Crippen molar-refractivity contribution in [2.45, 2.75) is 45.4 Å². The maximum atomic E-state index is 13.5. The lowest BCUT2D eigenvalue weighted by Crippen LogP contribution is -2.44. The van der Waals surface area contributed by atoms with Crippen molar-refractivity contribution in [2.24, 2.45) is 11.8 Å². The number of aliphatic hydroxyl groups excluding tert-OH is 1. The number of likely N-dealkylation sites (tertiary alicyclic amines) is 1. The molecule has 3 heterocycles. The topological polar surface area (TPSA) is 82.8 Å². The number of hydrogen-bond acceptors (Lipinski definition) is 4. The van der Waals surface area contributed by atoms with Crippen molar-refractivity contribution in [3.05, 3.63) is 69.1 Å². The van der Waals surface area contributed by atoms with Crippen LogP contribution in [0.25, 0.3) is 0 Å². The number of hydrogen-bond donors (Lipinski definition) is 1. The van der Waals surface area contributed by atoms with E-state index in [-0.39, 0.29) is 22.9 Å². The van der Waals surface area contributed by atoms with Crippen LogP contribution in [-0.4, -0.2) is 57.0 Å². The zero-order valence-corrected chi connectivity index (χ0v) is 18.4. The molecule has 2 aromatic rings. The minimum absolute atomic E-state index is 0.164. The molecule has 1 N–H and O–H groups in total. The van der Waals surface area contributed by atoms with E-state index in [1.165, 1.54) is 13.3 Å². The second kappa shape index (κ2) is 8.20. The lowest BCUT2D eigenvalue weighted by Gasteiger charge is -2.32. The zero-order valence-electron chi connectivity index (χ0n) is 18.4. The maximum absolute atomic E-state index is 13.5. The van der Waals surface area contributed by atoms with E-state index in [9.17, 15) is 19.5 Å². The Morgan fingerprint density at radius 1 is 1.12 bits per heavy atom. The van der Waals surface area contributed by atoms with Gasteiger partial charge in [0.05, 0.1) is 0 Å². The molecule has 1 aromatic carbocycles. The summed E-state index contributed by atoms with van der Waals surface area (Å²) in [6.07, 6.45) is 3.05. The van der Waals surface area contributed by atoms with Crippen LogP contribution in [0.1, 0.15) is 40.4 Å². The predicted molar refractivity (Wildman–Crippen MR) is 119 cm³/mol. The van der Waals surface area contributed by atoms with Gasteiger partial charge >= 0.3 is 0 Å². The molecular formula is C25H29N3O4. The third-order valence-corrected chi connectivity index (χ3v) is 7.10. The number of rotatable bonds is 5. The van der Waals surface area contributed by atoms with Gasteiger partial charge in [0.2, 0.25) is 0 Å². The summed E-state index contributed by atoms with van der Waals surface area (Å²) in [5.74, 6) is 0.698. The van der Waals surface area contributed by atoms with Crippen molar-refractivity contribution in [1.82, 2.24) is 14.4 Å². The van der Waals surface area contributed by atoms with Crippen molar-refractivity contribution >= 4 is 11.8 Å². The molecule has 3 aliphatic rings. The van der Waals surface area contributed by atoms with Gasteiger partial charge in [-0.3, -0.25) is 14.4 Å². The van der Waals surface area contributed by atoms with Crippen molar-refractivity contribution in [3.8, 4) is 0 Å². The molecule has 1 saturated heterocycles. The normalized spacial score (nSPS) is 22.3. The molecule has 2 aliphatic heterocycles. The van der Waals surface area contributed by atoms with Gasteiger partial charge in [-0.15, -0.1) is 0 Å². The molecular weight excluding hydrogens is 406 g/mol. The van der Waals surface area contributed by atoms with E-state index in [0.29, 0.717) is 44.3 Å². The first-order chi connectivity index (χ1) is 15.4. The van der Waals surface area contributed by atoms with E-state index in [4.69, 9.17) is 0 Å². The van der Waals surface area contributed by atoms with Gasteiger partial charge in [-0.25, -0.2) is 0 Å². The third kappa shape index (κ3) is 3.86. The Hall–Kier alpha value is -2.93. The van der Waals surface area contributed by atoms with Crippen molar-refractivity contribution in [2.75, 3.05) is 19.6 Å².